The first-order chi connectivity index (χ1) is 12.0. The Balaban J connectivity index is 1.94. The van der Waals surface area contributed by atoms with Gasteiger partial charge >= 0.3 is 5.97 Å². The van der Waals surface area contributed by atoms with Crippen LogP contribution in [0.5, 0.6) is 0 Å². The maximum atomic E-state index is 13.0. The zero-order chi connectivity index (χ0) is 18.0. The molecule has 1 atom stereocenters. The zero-order valence-electron chi connectivity index (χ0n) is 14.0. The van der Waals surface area contributed by atoms with E-state index < -0.39 is 5.97 Å². The van der Waals surface area contributed by atoms with Crippen LogP contribution < -0.4 is 0 Å². The predicted molar refractivity (Wildman–Crippen MR) is 93.0 cm³/mol. The molecule has 2 aromatic rings. The molecule has 1 saturated heterocycles. The lowest BCUT2D eigenvalue weighted by Crippen LogP contribution is -2.30. The van der Waals surface area contributed by atoms with Crippen LogP contribution in [0.15, 0.2) is 23.6 Å². The van der Waals surface area contributed by atoms with Gasteiger partial charge < -0.3 is 9.64 Å². The summed E-state index contributed by atoms with van der Waals surface area (Å²) in [5.74, 6) is -0.782. The number of hydrogen-bond donors (Lipinski definition) is 0. The van der Waals surface area contributed by atoms with Gasteiger partial charge in [-0.3, -0.25) is 9.59 Å². The van der Waals surface area contributed by atoms with Gasteiger partial charge in [-0.25, -0.2) is 9.78 Å². The third kappa shape index (κ3) is 3.46. The van der Waals surface area contributed by atoms with Gasteiger partial charge in [0.25, 0.3) is 5.91 Å². The molecule has 0 bridgehead atoms. The molecule has 0 spiro atoms. The molecule has 0 unspecified atom stereocenters. The van der Waals surface area contributed by atoms with Crippen LogP contribution in [-0.4, -0.2) is 41.7 Å². The zero-order valence-corrected chi connectivity index (χ0v) is 14.8. The van der Waals surface area contributed by atoms with Crippen LogP contribution in [0, 0.1) is 6.92 Å². The van der Waals surface area contributed by atoms with Gasteiger partial charge in [0.1, 0.15) is 11.3 Å². The molecule has 25 heavy (non-hydrogen) atoms. The average Bonchev–Trinajstić information content (AvgIpc) is 3.28. The maximum Gasteiger partial charge on any atom is 0.337 e. The number of aromatic nitrogens is 1. The monoisotopic (exact) mass is 358 g/mol. The summed E-state index contributed by atoms with van der Waals surface area (Å²) < 4.78 is 4.70. The van der Waals surface area contributed by atoms with Gasteiger partial charge in [0.15, 0.2) is 0 Å². The first kappa shape index (κ1) is 17.3. The Morgan fingerprint density at radius 3 is 2.72 bits per heavy atom. The van der Waals surface area contributed by atoms with E-state index in [-0.39, 0.29) is 23.1 Å². The molecule has 3 rings (SSSR count). The van der Waals surface area contributed by atoms with Crippen molar-refractivity contribution in [3.8, 4) is 0 Å². The Morgan fingerprint density at radius 1 is 1.32 bits per heavy atom. The van der Waals surface area contributed by atoms with Gasteiger partial charge in [0.2, 0.25) is 0 Å². The van der Waals surface area contributed by atoms with Crippen LogP contribution in [0.2, 0.25) is 0 Å². The number of rotatable bonds is 4. The number of carbonyl (C=O) groups excluding carboxylic acids is 3. The van der Waals surface area contributed by atoms with E-state index in [1.165, 1.54) is 25.3 Å². The van der Waals surface area contributed by atoms with Gasteiger partial charge in [-0.05, 0) is 38.0 Å². The lowest BCUT2D eigenvalue weighted by Gasteiger charge is -2.23. The summed E-state index contributed by atoms with van der Waals surface area (Å²) in [5.41, 5.74) is 1.71. The summed E-state index contributed by atoms with van der Waals surface area (Å²) in [7, 11) is 1.26. The first-order valence-corrected chi connectivity index (χ1v) is 8.83. The smallest absolute Gasteiger partial charge is 0.337 e. The van der Waals surface area contributed by atoms with E-state index in [4.69, 9.17) is 4.74 Å². The molecular weight excluding hydrogens is 340 g/mol. The van der Waals surface area contributed by atoms with Crippen LogP contribution in [0.1, 0.15) is 60.7 Å². The number of ether oxygens (including phenoxy) is 1. The third-order valence-corrected chi connectivity index (χ3v) is 5.26. The molecule has 1 aliphatic rings. The minimum absolute atomic E-state index is 0.0623. The van der Waals surface area contributed by atoms with E-state index in [1.807, 2.05) is 12.3 Å². The molecule has 0 radical (unpaired) electrons. The van der Waals surface area contributed by atoms with E-state index in [0.29, 0.717) is 18.4 Å². The highest BCUT2D eigenvalue weighted by atomic mass is 32.1. The molecule has 1 aliphatic heterocycles. The lowest BCUT2D eigenvalue weighted by atomic mass is 10.0. The topological polar surface area (TPSA) is 76.6 Å². The molecule has 1 aromatic heterocycles. The number of aryl methyl sites for hydroxylation is 1. The summed E-state index contributed by atoms with van der Waals surface area (Å²) >= 11 is 1.55. The van der Waals surface area contributed by atoms with Crippen molar-refractivity contribution in [2.45, 2.75) is 25.8 Å². The second-order valence-electron chi connectivity index (χ2n) is 5.94. The number of esters is 1. The second kappa shape index (κ2) is 7.14. The molecule has 130 valence electrons. The SMILES string of the molecule is COC(=O)c1cc(C=O)cc(C(=O)N2CCC[C@@H]2c2nc(C)cs2)c1. The largest absolute Gasteiger partial charge is 0.465 e. The lowest BCUT2D eigenvalue weighted by molar-refractivity contribution is 0.0600. The second-order valence-corrected chi connectivity index (χ2v) is 6.83. The van der Waals surface area contributed by atoms with Crippen molar-refractivity contribution >= 4 is 29.5 Å². The van der Waals surface area contributed by atoms with Crippen molar-refractivity contribution in [1.29, 1.82) is 0 Å². The van der Waals surface area contributed by atoms with Crippen molar-refractivity contribution in [3.63, 3.8) is 0 Å². The minimum Gasteiger partial charge on any atom is -0.465 e. The number of thiazole rings is 1. The molecule has 6 nitrogen and oxygen atoms in total. The number of aldehydes is 1. The molecule has 1 amide bonds. The number of methoxy groups -OCH3 is 1. The van der Waals surface area contributed by atoms with Crippen molar-refractivity contribution < 1.29 is 19.1 Å². The van der Waals surface area contributed by atoms with Crippen LogP contribution in [0.4, 0.5) is 0 Å². The van der Waals surface area contributed by atoms with E-state index in [1.54, 1.807) is 16.2 Å². The average molecular weight is 358 g/mol. The van der Waals surface area contributed by atoms with Crippen molar-refractivity contribution in [2.75, 3.05) is 13.7 Å². The number of amides is 1. The number of hydrogen-bond acceptors (Lipinski definition) is 6. The Kier molecular flexibility index (Phi) is 4.94. The Morgan fingerprint density at radius 2 is 2.08 bits per heavy atom. The summed E-state index contributed by atoms with van der Waals surface area (Å²) in [4.78, 5) is 42.2. The summed E-state index contributed by atoms with van der Waals surface area (Å²) in [6.07, 6.45) is 2.37. The molecule has 1 fully saturated rings. The summed E-state index contributed by atoms with van der Waals surface area (Å²) in [6, 6.07) is 4.34. The number of carbonyl (C=O) groups is 3. The Labute approximate surface area is 149 Å². The third-order valence-electron chi connectivity index (χ3n) is 4.19. The van der Waals surface area contributed by atoms with Crippen LogP contribution in [0.25, 0.3) is 0 Å². The van der Waals surface area contributed by atoms with Gasteiger partial charge in [0.05, 0.1) is 18.7 Å². The van der Waals surface area contributed by atoms with Crippen molar-refractivity contribution in [1.82, 2.24) is 9.88 Å². The number of nitrogens with zero attached hydrogens (tertiary/aromatic N) is 2. The molecule has 2 heterocycles. The minimum atomic E-state index is -0.578. The fraction of sp³-hybridized carbons (Fsp3) is 0.333. The van der Waals surface area contributed by atoms with Crippen molar-refractivity contribution in [2.24, 2.45) is 0 Å². The number of likely N-dealkylation sites (tertiary alicyclic amines) is 1. The molecule has 1 aromatic carbocycles. The highest BCUT2D eigenvalue weighted by molar-refractivity contribution is 7.09. The predicted octanol–water partition coefficient (Wildman–Crippen LogP) is 3.03. The Hall–Kier alpha value is -2.54. The van der Waals surface area contributed by atoms with Crippen LogP contribution in [-0.2, 0) is 4.74 Å². The molecule has 0 saturated carbocycles. The van der Waals surface area contributed by atoms with Gasteiger partial charge in [-0.15, -0.1) is 11.3 Å². The van der Waals surface area contributed by atoms with Gasteiger partial charge in [-0.1, -0.05) is 0 Å². The van der Waals surface area contributed by atoms with Crippen molar-refractivity contribution in [3.05, 3.63) is 51.0 Å². The quantitative estimate of drug-likeness (QED) is 0.620. The van der Waals surface area contributed by atoms with Gasteiger partial charge in [-0.2, -0.15) is 0 Å². The highest BCUT2D eigenvalue weighted by Gasteiger charge is 2.32. The van der Waals surface area contributed by atoms with Crippen LogP contribution in [0.3, 0.4) is 0 Å². The Bertz CT molecular complexity index is 830. The summed E-state index contributed by atoms with van der Waals surface area (Å²) in [6.45, 7) is 2.55. The molecule has 0 N–H and O–H groups in total. The number of benzene rings is 1. The fourth-order valence-corrected chi connectivity index (χ4v) is 3.98. The van der Waals surface area contributed by atoms with E-state index >= 15 is 0 Å². The van der Waals surface area contributed by atoms with Gasteiger partial charge in [0, 0.05) is 28.7 Å². The van der Waals surface area contributed by atoms with E-state index in [0.717, 1.165) is 23.5 Å². The molecular formula is C18H18N2O4S. The maximum absolute atomic E-state index is 13.0. The van der Waals surface area contributed by atoms with E-state index in [9.17, 15) is 14.4 Å². The van der Waals surface area contributed by atoms with Crippen LogP contribution >= 0.6 is 11.3 Å². The normalized spacial score (nSPS) is 16.7. The molecule has 0 aliphatic carbocycles. The molecule has 7 heteroatoms. The fourth-order valence-electron chi connectivity index (χ4n) is 3.04. The highest BCUT2D eigenvalue weighted by Crippen LogP contribution is 2.34. The summed E-state index contributed by atoms with van der Waals surface area (Å²) in [5, 5.41) is 2.89. The first-order valence-electron chi connectivity index (χ1n) is 7.95. The van der Waals surface area contributed by atoms with E-state index in [2.05, 4.69) is 4.98 Å². The standard InChI is InChI=1S/C18H18N2O4S/c1-11-10-25-16(19-11)15-4-3-5-20(15)17(22)13-6-12(9-21)7-14(8-13)18(23)24-2/h6-10,15H,3-5H2,1-2H3/t15-/m1/s1.